The van der Waals surface area contributed by atoms with E-state index >= 15 is 0 Å². The van der Waals surface area contributed by atoms with Gasteiger partial charge in [-0.2, -0.15) is 4.98 Å². The number of hydrogen-bond acceptors (Lipinski definition) is 6. The van der Waals surface area contributed by atoms with E-state index in [2.05, 4.69) is 22.0 Å². The van der Waals surface area contributed by atoms with E-state index in [-0.39, 0.29) is 5.91 Å². The van der Waals surface area contributed by atoms with Gasteiger partial charge in [0.1, 0.15) is 5.03 Å². The maximum absolute atomic E-state index is 12.4. The van der Waals surface area contributed by atoms with Gasteiger partial charge in [-0.15, -0.1) is 0 Å². The van der Waals surface area contributed by atoms with Crippen LogP contribution in [0.3, 0.4) is 0 Å². The third-order valence-corrected chi connectivity index (χ3v) is 4.87. The molecule has 0 bridgehead atoms. The van der Waals surface area contributed by atoms with Crippen LogP contribution in [0.5, 0.6) is 0 Å². The van der Waals surface area contributed by atoms with Gasteiger partial charge in [0.15, 0.2) is 0 Å². The van der Waals surface area contributed by atoms with Crippen molar-refractivity contribution in [1.82, 2.24) is 20.0 Å². The van der Waals surface area contributed by atoms with Crippen LogP contribution >= 0.6 is 11.8 Å². The zero-order chi connectivity index (χ0) is 16.2. The number of nitrogens with zero attached hydrogens (tertiary/aromatic N) is 4. The molecule has 3 rings (SSSR count). The molecular weight excluding hydrogens is 312 g/mol. The van der Waals surface area contributed by atoms with Crippen LogP contribution in [0.4, 0.5) is 0 Å². The van der Waals surface area contributed by atoms with Crippen molar-refractivity contribution in [3.05, 3.63) is 24.2 Å². The molecule has 1 amide bonds. The van der Waals surface area contributed by atoms with Crippen molar-refractivity contribution in [2.45, 2.75) is 31.7 Å². The molecule has 1 aliphatic heterocycles. The monoisotopic (exact) mass is 332 g/mol. The second-order valence-corrected chi connectivity index (χ2v) is 6.83. The molecule has 1 fully saturated rings. The fraction of sp³-hybridized carbons (Fsp3) is 0.500. The van der Waals surface area contributed by atoms with Gasteiger partial charge in [-0.3, -0.25) is 4.79 Å². The van der Waals surface area contributed by atoms with Gasteiger partial charge in [-0.25, -0.2) is 4.98 Å². The van der Waals surface area contributed by atoms with Crippen LogP contribution in [-0.2, 0) is 4.79 Å². The van der Waals surface area contributed by atoms with E-state index in [1.54, 1.807) is 13.1 Å². The number of aromatic nitrogens is 3. The number of hydrogen-bond donors (Lipinski definition) is 0. The Morgan fingerprint density at radius 2 is 2.39 bits per heavy atom. The van der Waals surface area contributed by atoms with Crippen LogP contribution in [-0.4, -0.2) is 44.8 Å². The van der Waals surface area contributed by atoms with Crippen LogP contribution in [0.25, 0.3) is 11.4 Å². The molecule has 6 nitrogen and oxygen atoms in total. The van der Waals surface area contributed by atoms with Gasteiger partial charge in [-0.05, 0) is 30.9 Å². The molecule has 0 saturated carbocycles. The molecule has 0 unspecified atom stereocenters. The minimum Gasteiger partial charge on any atom is -0.342 e. The van der Waals surface area contributed by atoms with Crippen molar-refractivity contribution in [3.8, 4) is 11.4 Å². The molecule has 0 radical (unpaired) electrons. The maximum Gasteiger partial charge on any atom is 0.232 e. The van der Waals surface area contributed by atoms with E-state index in [1.807, 2.05) is 17.0 Å². The number of amides is 1. The first-order chi connectivity index (χ1) is 11.1. The number of aryl methyl sites for hydroxylation is 1. The van der Waals surface area contributed by atoms with Gasteiger partial charge in [-0.1, -0.05) is 23.8 Å². The number of piperidine rings is 1. The van der Waals surface area contributed by atoms with Crippen LogP contribution < -0.4 is 0 Å². The summed E-state index contributed by atoms with van der Waals surface area (Å²) in [5.74, 6) is 2.16. The summed E-state index contributed by atoms with van der Waals surface area (Å²) in [7, 11) is 0. The summed E-state index contributed by atoms with van der Waals surface area (Å²) in [6.07, 6.45) is 4.01. The van der Waals surface area contributed by atoms with Crippen LogP contribution in [0, 0.1) is 12.8 Å². The Hall–Kier alpha value is -1.89. The van der Waals surface area contributed by atoms with Crippen molar-refractivity contribution in [3.63, 3.8) is 0 Å². The Morgan fingerprint density at radius 3 is 3.13 bits per heavy atom. The van der Waals surface area contributed by atoms with E-state index in [4.69, 9.17) is 4.52 Å². The number of pyridine rings is 1. The quantitative estimate of drug-likeness (QED) is 0.802. The van der Waals surface area contributed by atoms with Crippen molar-refractivity contribution < 1.29 is 9.32 Å². The fourth-order valence-corrected chi connectivity index (χ4v) is 3.61. The highest BCUT2D eigenvalue weighted by Gasteiger charge is 2.21. The lowest BCUT2D eigenvalue weighted by atomic mass is 10.0. The predicted molar refractivity (Wildman–Crippen MR) is 88.0 cm³/mol. The van der Waals surface area contributed by atoms with E-state index in [9.17, 15) is 4.79 Å². The Labute approximate surface area is 139 Å². The third kappa shape index (κ3) is 3.90. The SMILES string of the molecule is Cc1nc(-c2cccnc2SCC(=O)N2CCC[C@H](C)C2)no1. The lowest BCUT2D eigenvalue weighted by Gasteiger charge is -2.30. The molecule has 1 atom stereocenters. The van der Waals surface area contributed by atoms with Gasteiger partial charge in [0.05, 0.1) is 11.3 Å². The first kappa shape index (κ1) is 16.0. The van der Waals surface area contributed by atoms with Crippen molar-refractivity contribution in [2.75, 3.05) is 18.8 Å². The number of carbonyl (C=O) groups excluding carboxylic acids is 1. The van der Waals surface area contributed by atoms with Crippen molar-refractivity contribution >= 4 is 17.7 Å². The van der Waals surface area contributed by atoms with Crippen LogP contribution in [0.2, 0.25) is 0 Å². The van der Waals surface area contributed by atoms with E-state index < -0.39 is 0 Å². The topological polar surface area (TPSA) is 72.1 Å². The first-order valence-corrected chi connectivity index (χ1v) is 8.78. The van der Waals surface area contributed by atoms with E-state index in [0.29, 0.717) is 23.4 Å². The molecule has 3 heterocycles. The Bertz CT molecular complexity index is 688. The normalized spacial score (nSPS) is 18.2. The molecule has 1 saturated heterocycles. The average Bonchev–Trinajstić information content (AvgIpc) is 2.99. The molecule has 0 aliphatic carbocycles. The smallest absolute Gasteiger partial charge is 0.232 e. The molecule has 2 aromatic heterocycles. The Morgan fingerprint density at radius 1 is 1.52 bits per heavy atom. The lowest BCUT2D eigenvalue weighted by molar-refractivity contribution is -0.130. The molecule has 0 aromatic carbocycles. The van der Waals surface area contributed by atoms with Crippen LogP contribution in [0.1, 0.15) is 25.7 Å². The summed E-state index contributed by atoms with van der Waals surface area (Å²) in [5.41, 5.74) is 0.800. The molecule has 23 heavy (non-hydrogen) atoms. The number of thioether (sulfide) groups is 1. The number of rotatable bonds is 4. The molecular formula is C16H20N4O2S. The van der Waals surface area contributed by atoms with Gasteiger partial charge >= 0.3 is 0 Å². The highest BCUT2D eigenvalue weighted by molar-refractivity contribution is 8.00. The Kier molecular flexibility index (Phi) is 4.95. The van der Waals surface area contributed by atoms with Gasteiger partial charge in [0.2, 0.25) is 17.6 Å². The van der Waals surface area contributed by atoms with E-state index in [0.717, 1.165) is 30.1 Å². The summed E-state index contributed by atoms with van der Waals surface area (Å²) in [5, 5.41) is 4.69. The highest BCUT2D eigenvalue weighted by atomic mass is 32.2. The fourth-order valence-electron chi connectivity index (χ4n) is 2.72. The molecule has 0 N–H and O–H groups in total. The van der Waals surface area contributed by atoms with Crippen LogP contribution in [0.15, 0.2) is 27.9 Å². The summed E-state index contributed by atoms with van der Waals surface area (Å²) >= 11 is 1.43. The summed E-state index contributed by atoms with van der Waals surface area (Å²) in [4.78, 5) is 23.0. The van der Waals surface area contributed by atoms with E-state index in [1.165, 1.54) is 18.2 Å². The first-order valence-electron chi connectivity index (χ1n) is 7.80. The highest BCUT2D eigenvalue weighted by Crippen LogP contribution is 2.28. The van der Waals surface area contributed by atoms with Gasteiger partial charge in [0, 0.05) is 26.2 Å². The van der Waals surface area contributed by atoms with Gasteiger partial charge < -0.3 is 9.42 Å². The summed E-state index contributed by atoms with van der Waals surface area (Å²) < 4.78 is 5.03. The lowest BCUT2D eigenvalue weighted by Crippen LogP contribution is -2.40. The largest absolute Gasteiger partial charge is 0.342 e. The predicted octanol–water partition coefficient (Wildman–Crippen LogP) is 2.79. The minimum absolute atomic E-state index is 0.169. The summed E-state index contributed by atoms with van der Waals surface area (Å²) in [6.45, 7) is 5.67. The minimum atomic E-state index is 0.169. The van der Waals surface area contributed by atoms with Crippen molar-refractivity contribution in [1.29, 1.82) is 0 Å². The number of likely N-dealkylation sites (tertiary alicyclic amines) is 1. The molecule has 122 valence electrons. The van der Waals surface area contributed by atoms with Crippen molar-refractivity contribution in [2.24, 2.45) is 5.92 Å². The summed E-state index contributed by atoms with van der Waals surface area (Å²) in [6, 6.07) is 3.73. The Balaban J connectivity index is 1.67. The second-order valence-electron chi connectivity index (χ2n) is 5.87. The number of carbonyl (C=O) groups is 1. The zero-order valence-corrected chi connectivity index (χ0v) is 14.2. The molecule has 2 aromatic rings. The standard InChI is InChI=1S/C16H20N4O2S/c1-11-5-4-8-20(9-11)14(21)10-23-16-13(6-3-7-17-16)15-18-12(2)22-19-15/h3,6-7,11H,4-5,8-10H2,1-2H3/t11-/m0/s1. The average molecular weight is 332 g/mol. The molecule has 7 heteroatoms. The molecule has 1 aliphatic rings. The maximum atomic E-state index is 12.4. The third-order valence-electron chi connectivity index (χ3n) is 3.88. The second kappa shape index (κ2) is 7.12. The van der Waals surface area contributed by atoms with Gasteiger partial charge in [0.25, 0.3) is 0 Å². The molecule has 0 spiro atoms. The zero-order valence-electron chi connectivity index (χ0n) is 13.4.